The molecule has 1 heterocycles. The number of sulfone groups is 1. The molecule has 192 valence electrons. The van der Waals surface area contributed by atoms with Gasteiger partial charge < -0.3 is 9.47 Å². The summed E-state index contributed by atoms with van der Waals surface area (Å²) in [4.78, 5) is 28.9. The Hall–Kier alpha value is -4.08. The van der Waals surface area contributed by atoms with E-state index in [0.29, 0.717) is 22.7 Å². The first-order chi connectivity index (χ1) is 17.3. The summed E-state index contributed by atoms with van der Waals surface area (Å²) in [5, 5.41) is 11.3. The van der Waals surface area contributed by atoms with Crippen LogP contribution in [0.2, 0.25) is 0 Å². The summed E-state index contributed by atoms with van der Waals surface area (Å²) in [6.07, 6.45) is 2.24. The summed E-state index contributed by atoms with van der Waals surface area (Å²) in [5.41, 5.74) is 1.55. The molecule has 2 aromatic carbocycles. The molecule has 0 saturated heterocycles. The second-order valence-corrected chi connectivity index (χ2v) is 11.6. The molecule has 37 heavy (non-hydrogen) atoms. The van der Waals surface area contributed by atoms with Crippen LogP contribution in [0.25, 0.3) is 6.08 Å². The van der Waals surface area contributed by atoms with Crippen LogP contribution in [0.5, 0.6) is 11.5 Å². The minimum absolute atomic E-state index is 0.0511. The van der Waals surface area contributed by atoms with Crippen LogP contribution in [0.4, 0.5) is 5.13 Å². The summed E-state index contributed by atoms with van der Waals surface area (Å²) in [5.74, 6) is -0.987. The van der Waals surface area contributed by atoms with E-state index in [0.717, 1.165) is 11.8 Å². The molecule has 0 bridgehead atoms. The zero-order valence-electron chi connectivity index (χ0n) is 20.7. The number of hydrogen-bond donors (Lipinski definition) is 1. The fourth-order valence-electron chi connectivity index (χ4n) is 3.01. The molecule has 0 saturated carbocycles. The maximum atomic E-state index is 12.6. The monoisotopic (exact) mass is 540 g/mol. The molecule has 10 nitrogen and oxygen atoms in total. The minimum Gasteiger partial charge on any atom is -0.493 e. The van der Waals surface area contributed by atoms with Gasteiger partial charge in [-0.3, -0.25) is 10.1 Å². The lowest BCUT2D eigenvalue weighted by Crippen LogP contribution is -2.13. The number of carbonyl (C=O) groups excluding carboxylic acids is 2. The lowest BCUT2D eigenvalue weighted by atomic mass is 9.87. The van der Waals surface area contributed by atoms with Gasteiger partial charge in [0.2, 0.25) is 15.0 Å². The van der Waals surface area contributed by atoms with Gasteiger partial charge in [-0.25, -0.2) is 13.2 Å². The molecular formula is C25H24N4O6S2. The Balaban J connectivity index is 1.77. The van der Waals surface area contributed by atoms with Crippen LogP contribution in [-0.4, -0.2) is 43.0 Å². The minimum atomic E-state index is -3.63. The maximum Gasteiger partial charge on any atom is 0.343 e. The average molecular weight is 541 g/mol. The normalized spacial score (nSPS) is 11.9. The van der Waals surface area contributed by atoms with Crippen molar-refractivity contribution in [3.8, 4) is 17.6 Å². The third-order valence-electron chi connectivity index (χ3n) is 5.01. The molecule has 0 aliphatic carbocycles. The van der Waals surface area contributed by atoms with E-state index in [2.05, 4.69) is 35.4 Å². The van der Waals surface area contributed by atoms with Gasteiger partial charge in [-0.05, 0) is 46.9 Å². The zero-order chi connectivity index (χ0) is 27.4. The number of hydrogen-bond acceptors (Lipinski definition) is 10. The Morgan fingerprint density at radius 3 is 2.32 bits per heavy atom. The number of esters is 1. The molecule has 0 unspecified atom stereocenters. The van der Waals surface area contributed by atoms with E-state index in [1.165, 1.54) is 25.3 Å². The van der Waals surface area contributed by atoms with Gasteiger partial charge in [-0.2, -0.15) is 14.6 Å². The second-order valence-electron chi connectivity index (χ2n) is 8.91. The Labute approximate surface area is 218 Å². The summed E-state index contributed by atoms with van der Waals surface area (Å²) < 4.78 is 37.5. The number of carbonyl (C=O) groups is 2. The number of anilines is 1. The van der Waals surface area contributed by atoms with Gasteiger partial charge in [0.15, 0.2) is 11.5 Å². The van der Waals surface area contributed by atoms with E-state index >= 15 is 0 Å². The summed E-state index contributed by atoms with van der Waals surface area (Å²) in [7, 11) is -2.24. The third-order valence-corrected chi connectivity index (χ3v) is 6.60. The van der Waals surface area contributed by atoms with Gasteiger partial charge in [0.05, 0.1) is 12.7 Å². The summed E-state index contributed by atoms with van der Waals surface area (Å²) in [6.45, 7) is 6.23. The van der Waals surface area contributed by atoms with E-state index in [-0.39, 0.29) is 27.6 Å². The van der Waals surface area contributed by atoms with E-state index in [9.17, 15) is 23.3 Å². The van der Waals surface area contributed by atoms with Crippen LogP contribution in [-0.2, 0) is 20.0 Å². The van der Waals surface area contributed by atoms with E-state index in [4.69, 9.17) is 9.47 Å². The van der Waals surface area contributed by atoms with Gasteiger partial charge in [0.25, 0.3) is 11.1 Å². The van der Waals surface area contributed by atoms with E-state index in [1.54, 1.807) is 24.3 Å². The lowest BCUT2D eigenvalue weighted by molar-refractivity contribution is -0.112. The maximum absolute atomic E-state index is 12.6. The van der Waals surface area contributed by atoms with Crippen molar-refractivity contribution in [1.29, 1.82) is 5.26 Å². The number of nitrogens with zero attached hydrogens (tertiary/aromatic N) is 3. The Kier molecular flexibility index (Phi) is 8.10. The molecule has 0 aliphatic rings. The third kappa shape index (κ3) is 6.99. The molecule has 3 aromatic rings. The van der Waals surface area contributed by atoms with Crippen LogP contribution in [0.15, 0.2) is 53.2 Å². The second kappa shape index (κ2) is 10.9. The topological polar surface area (TPSA) is 148 Å². The Morgan fingerprint density at radius 1 is 1.11 bits per heavy atom. The van der Waals surface area contributed by atoms with Crippen LogP contribution in [0.3, 0.4) is 0 Å². The van der Waals surface area contributed by atoms with Crippen molar-refractivity contribution in [1.82, 2.24) is 9.36 Å². The van der Waals surface area contributed by atoms with Gasteiger partial charge >= 0.3 is 5.97 Å². The first-order valence-corrected chi connectivity index (χ1v) is 13.5. The molecule has 0 atom stereocenters. The lowest BCUT2D eigenvalue weighted by Gasteiger charge is -2.19. The fourth-order valence-corrected chi connectivity index (χ4v) is 4.45. The number of benzene rings is 2. The molecule has 0 fully saturated rings. The Bertz CT molecular complexity index is 1510. The first kappa shape index (κ1) is 27.5. The van der Waals surface area contributed by atoms with Gasteiger partial charge in [-0.1, -0.05) is 39.0 Å². The van der Waals surface area contributed by atoms with Gasteiger partial charge in [0, 0.05) is 17.8 Å². The number of aromatic nitrogens is 2. The molecular weight excluding hydrogens is 516 g/mol. The SMILES string of the molecule is COc1cc(/C=C(/C#N)C(=O)Nc2nc(S(C)(=O)=O)ns2)ccc1OC(=O)c1ccc(C(C)(C)C)cc1. The number of amides is 1. The van der Waals surface area contributed by atoms with Crippen LogP contribution in [0, 0.1) is 11.3 Å². The van der Waals surface area contributed by atoms with Crippen molar-refractivity contribution in [2.75, 3.05) is 18.7 Å². The molecule has 1 amide bonds. The van der Waals surface area contributed by atoms with Crippen LogP contribution >= 0.6 is 11.5 Å². The molecule has 3 rings (SSSR count). The number of ether oxygens (including phenoxy) is 2. The number of nitrogens with one attached hydrogen (secondary N) is 1. The number of nitriles is 1. The number of rotatable bonds is 7. The summed E-state index contributed by atoms with van der Waals surface area (Å²) >= 11 is 0.675. The quantitative estimate of drug-likeness (QED) is 0.203. The van der Waals surface area contributed by atoms with E-state index in [1.807, 2.05) is 12.1 Å². The molecule has 0 radical (unpaired) electrons. The van der Waals surface area contributed by atoms with Crippen molar-refractivity contribution < 1.29 is 27.5 Å². The van der Waals surface area contributed by atoms with Gasteiger partial charge in [-0.15, -0.1) is 0 Å². The zero-order valence-corrected chi connectivity index (χ0v) is 22.4. The Morgan fingerprint density at radius 2 is 1.78 bits per heavy atom. The van der Waals surface area contributed by atoms with Crippen LogP contribution < -0.4 is 14.8 Å². The molecule has 1 N–H and O–H groups in total. The predicted octanol–water partition coefficient (Wildman–Crippen LogP) is 4.01. The average Bonchev–Trinajstić information content (AvgIpc) is 3.31. The van der Waals surface area contributed by atoms with Crippen molar-refractivity contribution in [2.24, 2.45) is 0 Å². The number of methoxy groups -OCH3 is 1. The molecule has 12 heteroatoms. The predicted molar refractivity (Wildman–Crippen MR) is 138 cm³/mol. The standard InChI is InChI=1S/C25H24N4O6S2/c1-25(2,3)18-9-7-16(8-10-18)22(31)35-19-11-6-15(13-20(19)34-4)12-17(14-26)21(30)27-23-28-24(29-36-23)37(5,32)33/h6-13H,1-5H3,(H,27,28,29,30)/b17-12-. The highest BCUT2D eigenvalue weighted by Gasteiger charge is 2.19. The first-order valence-electron chi connectivity index (χ1n) is 10.8. The van der Waals surface area contributed by atoms with Crippen molar-refractivity contribution >= 4 is 44.5 Å². The largest absolute Gasteiger partial charge is 0.493 e. The molecule has 0 spiro atoms. The molecule has 0 aliphatic heterocycles. The fraction of sp³-hybridized carbons (Fsp3) is 0.240. The molecule has 1 aromatic heterocycles. The van der Waals surface area contributed by atoms with Crippen LogP contribution in [0.1, 0.15) is 42.3 Å². The highest BCUT2D eigenvalue weighted by Crippen LogP contribution is 2.30. The van der Waals surface area contributed by atoms with Gasteiger partial charge in [0.1, 0.15) is 11.6 Å². The van der Waals surface area contributed by atoms with E-state index < -0.39 is 26.9 Å². The van der Waals surface area contributed by atoms with Crippen molar-refractivity contribution in [3.05, 3.63) is 64.7 Å². The summed E-state index contributed by atoms with van der Waals surface area (Å²) in [6, 6.07) is 13.5. The van der Waals surface area contributed by atoms with Crippen molar-refractivity contribution in [2.45, 2.75) is 31.3 Å². The highest BCUT2D eigenvalue weighted by atomic mass is 32.2. The highest BCUT2D eigenvalue weighted by molar-refractivity contribution is 7.90. The van der Waals surface area contributed by atoms with Crippen molar-refractivity contribution in [3.63, 3.8) is 0 Å². The smallest absolute Gasteiger partial charge is 0.343 e.